The topological polar surface area (TPSA) is 79.0 Å². The van der Waals surface area contributed by atoms with E-state index in [4.69, 9.17) is 5.73 Å². The van der Waals surface area contributed by atoms with Gasteiger partial charge in [0.25, 0.3) is 11.8 Å². The van der Waals surface area contributed by atoms with Gasteiger partial charge in [0.15, 0.2) is 11.5 Å². The molecule has 0 radical (unpaired) electrons. The van der Waals surface area contributed by atoms with Crippen LogP contribution in [-0.2, 0) is 23.1 Å². The molecule has 202 valence electrons. The Labute approximate surface area is 216 Å². The van der Waals surface area contributed by atoms with Gasteiger partial charge in [-0.15, -0.1) is 0 Å². The van der Waals surface area contributed by atoms with E-state index in [1.54, 1.807) is 0 Å². The minimum Gasteiger partial charge on any atom is -0.369 e. The Morgan fingerprint density at radius 3 is 2.42 bits per heavy atom. The first-order valence-corrected chi connectivity index (χ1v) is 12.4. The van der Waals surface area contributed by atoms with Crippen molar-refractivity contribution in [1.29, 1.82) is 0 Å². The molecule has 1 aliphatic carbocycles. The Balaban J connectivity index is 1.46. The summed E-state index contributed by atoms with van der Waals surface area (Å²) in [5, 5.41) is 0. The third-order valence-electron chi connectivity index (χ3n) is 7.45. The summed E-state index contributed by atoms with van der Waals surface area (Å²) in [5.74, 6) is -1.72. The predicted octanol–water partition coefficient (Wildman–Crippen LogP) is 4.77. The van der Waals surface area contributed by atoms with Crippen LogP contribution in [0.3, 0.4) is 0 Å². The van der Waals surface area contributed by atoms with Crippen molar-refractivity contribution in [2.75, 3.05) is 13.1 Å². The van der Waals surface area contributed by atoms with Gasteiger partial charge in [0, 0.05) is 13.0 Å². The quantitative estimate of drug-likeness (QED) is 0.543. The van der Waals surface area contributed by atoms with Gasteiger partial charge in [0.2, 0.25) is 0 Å². The summed E-state index contributed by atoms with van der Waals surface area (Å²) < 4.78 is 69.3. The van der Waals surface area contributed by atoms with Crippen LogP contribution in [0.2, 0.25) is 0 Å². The van der Waals surface area contributed by atoms with Gasteiger partial charge < -0.3 is 10.6 Å². The van der Waals surface area contributed by atoms with E-state index in [-0.39, 0.29) is 43.5 Å². The van der Waals surface area contributed by atoms with Crippen LogP contribution in [0.5, 0.6) is 0 Å². The van der Waals surface area contributed by atoms with Gasteiger partial charge in [-0.05, 0) is 54.7 Å². The molecule has 2 unspecified atom stereocenters. The summed E-state index contributed by atoms with van der Waals surface area (Å²) in [5.41, 5.74) is 2.10. The highest BCUT2D eigenvalue weighted by molar-refractivity contribution is 6.07. The summed E-state index contributed by atoms with van der Waals surface area (Å²) in [7, 11) is 0. The zero-order valence-electron chi connectivity index (χ0n) is 20.7. The molecule has 0 aromatic heterocycles. The average molecular weight is 535 g/mol. The molecule has 2 amide bonds. The maximum Gasteiger partial charge on any atom is 0.417 e. The first kappa shape index (κ1) is 26.1. The minimum absolute atomic E-state index is 0.00106. The van der Waals surface area contributed by atoms with Crippen molar-refractivity contribution in [1.82, 2.24) is 9.80 Å². The van der Waals surface area contributed by atoms with E-state index in [1.807, 2.05) is 0 Å². The molecular formula is C27H27F5N4O2. The highest BCUT2D eigenvalue weighted by atomic mass is 19.4. The van der Waals surface area contributed by atoms with Crippen molar-refractivity contribution in [3.05, 3.63) is 70.5 Å². The molecule has 5 rings (SSSR count). The van der Waals surface area contributed by atoms with E-state index < -0.39 is 46.1 Å². The molecule has 2 fully saturated rings. The second-order valence-electron chi connectivity index (χ2n) is 10.6. The lowest BCUT2D eigenvalue weighted by Crippen LogP contribution is -2.43. The van der Waals surface area contributed by atoms with E-state index in [0.29, 0.717) is 12.0 Å². The zero-order valence-corrected chi connectivity index (χ0v) is 20.7. The van der Waals surface area contributed by atoms with Gasteiger partial charge in [-0.3, -0.25) is 14.5 Å². The number of rotatable bonds is 6. The summed E-state index contributed by atoms with van der Waals surface area (Å²) in [6, 6.07) is 8.50. The fraction of sp³-hybridized carbons (Fsp3) is 0.444. The third-order valence-corrected chi connectivity index (χ3v) is 7.45. The number of halogens is 5. The number of nitrogens with zero attached hydrogens (tertiary/aromatic N) is 3. The highest BCUT2D eigenvalue weighted by Gasteiger charge is 2.51. The monoisotopic (exact) mass is 534 g/mol. The van der Waals surface area contributed by atoms with Crippen LogP contribution < -0.4 is 5.73 Å². The van der Waals surface area contributed by atoms with Crippen molar-refractivity contribution in [3.8, 4) is 0 Å². The molecule has 2 N–H and O–H groups in total. The molecule has 0 spiro atoms. The molecule has 2 heterocycles. The number of nitrogens with two attached hydrogens (primary N) is 1. The number of amides is 2. The number of carbonyl (C=O) groups is 2. The van der Waals surface area contributed by atoms with Gasteiger partial charge in [-0.1, -0.05) is 31.0 Å². The molecule has 1 saturated carbocycles. The maximum atomic E-state index is 14.3. The zero-order chi connectivity index (χ0) is 27.5. The van der Waals surface area contributed by atoms with Crippen molar-refractivity contribution < 1.29 is 31.5 Å². The van der Waals surface area contributed by atoms with Crippen LogP contribution in [0.1, 0.15) is 59.7 Å². The molecule has 2 aromatic rings. The standard InChI is InChI=1S/C27H27F5N4O2/c1-25(29)10-11-35(15-25)22(37)20-12-17(4-9-21(20)27(30,31)32)14-36-23(38)26(34-24(36)33,13-16-2-3-16)18-5-7-19(28)8-6-18/h4-9,12,16H,2-3,10-11,13-15H2,1H3,(H2,33,34). The van der Waals surface area contributed by atoms with Crippen LogP contribution in [-0.4, -0.2) is 46.3 Å². The van der Waals surface area contributed by atoms with Gasteiger partial charge in [-0.2, -0.15) is 13.2 Å². The van der Waals surface area contributed by atoms with Crippen LogP contribution in [0, 0.1) is 11.7 Å². The SMILES string of the molecule is CC1(F)CCN(C(=O)c2cc(CN3C(=O)C(CC4CC4)(c4ccc(F)cc4)N=C3N)ccc2C(F)(F)F)C1. The molecule has 2 aliphatic heterocycles. The first-order chi connectivity index (χ1) is 17.8. The molecule has 6 nitrogen and oxygen atoms in total. The normalized spacial score (nSPS) is 25.7. The molecule has 0 bridgehead atoms. The Hall–Kier alpha value is -3.50. The van der Waals surface area contributed by atoms with Crippen molar-refractivity contribution in [2.45, 2.75) is 56.5 Å². The number of guanidine groups is 1. The van der Waals surface area contributed by atoms with Crippen LogP contribution in [0.25, 0.3) is 0 Å². The number of aliphatic imine (C=N–C) groups is 1. The predicted molar refractivity (Wildman–Crippen MR) is 129 cm³/mol. The molecule has 2 atom stereocenters. The molecule has 11 heteroatoms. The largest absolute Gasteiger partial charge is 0.417 e. The van der Waals surface area contributed by atoms with E-state index in [0.717, 1.165) is 29.9 Å². The summed E-state index contributed by atoms with van der Waals surface area (Å²) >= 11 is 0. The lowest BCUT2D eigenvalue weighted by atomic mass is 9.84. The summed E-state index contributed by atoms with van der Waals surface area (Å²) in [4.78, 5) is 33.6. The molecule has 1 saturated heterocycles. The van der Waals surface area contributed by atoms with E-state index >= 15 is 0 Å². The van der Waals surface area contributed by atoms with Gasteiger partial charge in [0.1, 0.15) is 11.5 Å². The number of hydrogen-bond acceptors (Lipinski definition) is 4. The maximum absolute atomic E-state index is 14.3. The van der Waals surface area contributed by atoms with Gasteiger partial charge >= 0.3 is 6.18 Å². The lowest BCUT2D eigenvalue weighted by Gasteiger charge is -2.27. The molecule has 38 heavy (non-hydrogen) atoms. The average Bonchev–Trinajstić information content (AvgIpc) is 3.54. The third kappa shape index (κ3) is 4.86. The second-order valence-corrected chi connectivity index (χ2v) is 10.6. The Kier molecular flexibility index (Phi) is 6.23. The van der Waals surface area contributed by atoms with E-state index in [1.165, 1.54) is 42.2 Å². The number of carbonyl (C=O) groups excluding carboxylic acids is 2. The Bertz CT molecular complexity index is 1300. The highest BCUT2D eigenvalue weighted by Crippen LogP contribution is 2.46. The van der Waals surface area contributed by atoms with Crippen molar-refractivity contribution in [3.63, 3.8) is 0 Å². The Morgan fingerprint density at radius 2 is 1.84 bits per heavy atom. The van der Waals surface area contributed by atoms with E-state index in [2.05, 4.69) is 4.99 Å². The molecule has 3 aliphatic rings. The summed E-state index contributed by atoms with van der Waals surface area (Å²) in [6.45, 7) is 0.774. The van der Waals surface area contributed by atoms with Crippen molar-refractivity contribution >= 4 is 17.8 Å². The van der Waals surface area contributed by atoms with Crippen molar-refractivity contribution in [2.24, 2.45) is 16.6 Å². The van der Waals surface area contributed by atoms with Gasteiger partial charge in [0.05, 0.1) is 24.2 Å². The fourth-order valence-corrected chi connectivity index (χ4v) is 5.25. The van der Waals surface area contributed by atoms with Gasteiger partial charge in [-0.25, -0.2) is 13.8 Å². The smallest absolute Gasteiger partial charge is 0.369 e. The number of likely N-dealkylation sites (tertiary alicyclic amines) is 1. The van der Waals surface area contributed by atoms with Crippen LogP contribution >= 0.6 is 0 Å². The first-order valence-electron chi connectivity index (χ1n) is 12.4. The lowest BCUT2D eigenvalue weighted by molar-refractivity contribution is -0.138. The molecular weight excluding hydrogens is 507 g/mol. The van der Waals surface area contributed by atoms with Crippen LogP contribution in [0.15, 0.2) is 47.5 Å². The van der Waals surface area contributed by atoms with Crippen LogP contribution in [0.4, 0.5) is 22.0 Å². The fourth-order valence-electron chi connectivity index (χ4n) is 5.25. The van der Waals surface area contributed by atoms with E-state index in [9.17, 15) is 31.5 Å². The number of alkyl halides is 4. The summed E-state index contributed by atoms with van der Waals surface area (Å²) in [6.07, 6.45) is -2.56. The molecule has 2 aromatic carbocycles. The Morgan fingerprint density at radius 1 is 1.16 bits per heavy atom. The second kappa shape index (κ2) is 9.06. The number of hydrogen-bond donors (Lipinski definition) is 1. The number of benzene rings is 2. The minimum atomic E-state index is -4.81.